The van der Waals surface area contributed by atoms with Gasteiger partial charge in [-0.25, -0.2) is 7.86 Å². The summed E-state index contributed by atoms with van der Waals surface area (Å²) in [6.45, 7) is 1.19. The van der Waals surface area contributed by atoms with E-state index in [-0.39, 0.29) is 0 Å². The highest BCUT2D eigenvalue weighted by Gasteiger charge is 1.87. The number of carbonyl (C=O) groups is 1. The number of nitrogens with one attached hydrogen (secondary N) is 1. The van der Waals surface area contributed by atoms with Gasteiger partial charge in [-0.1, -0.05) is 0 Å². The number of hydrogen-bond donors (Lipinski definition) is 1. The molecule has 0 saturated carbocycles. The summed E-state index contributed by atoms with van der Waals surface area (Å²) in [5.41, 5.74) is 0. The number of halogens is 1. The van der Waals surface area contributed by atoms with Gasteiger partial charge in [0, 0.05) is 6.92 Å². The van der Waals surface area contributed by atoms with Crippen molar-refractivity contribution in [2.24, 2.45) is 0 Å². The molecular weight excluding hydrogens is 225 g/mol. The Hall–Kier alpha value is -0.420. The molecule has 4 nitrogen and oxygen atoms in total. The second-order valence-corrected chi connectivity index (χ2v) is 3.38. The predicted octanol–water partition coefficient (Wildman–Crippen LogP) is -0.0434. The van der Waals surface area contributed by atoms with Crippen molar-refractivity contribution >= 4 is 29.4 Å². The predicted molar refractivity (Wildman–Crippen MR) is 34.2 cm³/mol. The maximum absolute atomic E-state index is 10.1. The second kappa shape index (κ2) is 3.57. The zero-order valence-corrected chi connectivity index (χ0v) is 6.26. The molecule has 0 radical (unpaired) electrons. The van der Waals surface area contributed by atoms with Crippen LogP contribution in [0.25, 0.3) is 0 Å². The molecule has 0 aromatic carbocycles. The summed E-state index contributed by atoms with van der Waals surface area (Å²) in [4.78, 5) is 19.4. The van der Waals surface area contributed by atoms with Gasteiger partial charge in [0.1, 0.15) is 0 Å². The molecule has 0 aromatic heterocycles. The fraction of sp³-hybridized carbons (Fsp3) is 0.333. The summed E-state index contributed by atoms with van der Waals surface area (Å²) in [5, 5.41) is 0. The van der Waals surface area contributed by atoms with E-state index in [0.29, 0.717) is 0 Å². The minimum Gasteiger partial charge on any atom is -0.275 e. The summed E-state index contributed by atoms with van der Waals surface area (Å²) in [6.07, 6.45) is 0. The van der Waals surface area contributed by atoms with Gasteiger partial charge in [0.15, 0.2) is 0 Å². The molecule has 0 atom stereocenters. The molecule has 0 aromatic rings. The Morgan fingerprint density at radius 3 is 2.38 bits per heavy atom. The summed E-state index contributed by atoms with van der Waals surface area (Å²) < 4.78 is 13.3. The largest absolute Gasteiger partial charge is 0.279 e. The van der Waals surface area contributed by atoms with Crippen LogP contribution in [-0.4, -0.2) is 9.78 Å². The van der Waals surface area contributed by atoms with Crippen molar-refractivity contribution in [3.05, 3.63) is 0 Å². The van der Waals surface area contributed by atoms with Crippen molar-refractivity contribution in [3.63, 3.8) is 0 Å². The van der Waals surface area contributed by atoms with Crippen LogP contribution < -0.4 is 3.53 Å². The number of carbonyl (C=O) groups excluding carboxylic acids is 2. The maximum atomic E-state index is 10.1. The van der Waals surface area contributed by atoms with Crippen molar-refractivity contribution in [2.75, 3.05) is 0 Å². The number of hydrogen-bond acceptors (Lipinski definition) is 3. The van der Waals surface area contributed by atoms with Crippen LogP contribution in [0.2, 0.25) is 0 Å². The SMILES string of the molecule is CC(=O)NI(=O)=C=O. The molecule has 0 fully saturated rings. The molecule has 0 aliphatic carbocycles. The van der Waals surface area contributed by atoms with Crippen LogP contribution in [0.1, 0.15) is 6.92 Å². The third kappa shape index (κ3) is 3.76. The molecule has 0 heterocycles. The summed E-state index contributed by atoms with van der Waals surface area (Å²) in [7, 11) is 0. The van der Waals surface area contributed by atoms with E-state index in [1.165, 1.54) is 10.8 Å². The molecule has 0 unspecified atom stereocenters. The maximum Gasteiger partial charge on any atom is 0.279 e. The minimum atomic E-state index is -3.04. The zero-order valence-electron chi connectivity index (χ0n) is 4.10. The normalized spacial score (nSPS) is 8.25. The Balaban J connectivity index is 3.94. The van der Waals surface area contributed by atoms with E-state index in [0.717, 1.165) is 0 Å². The van der Waals surface area contributed by atoms with Gasteiger partial charge < -0.3 is 0 Å². The van der Waals surface area contributed by atoms with Crippen molar-refractivity contribution in [1.82, 2.24) is 3.53 Å². The first-order valence-corrected chi connectivity index (χ1v) is 4.73. The Kier molecular flexibility index (Phi) is 3.38. The lowest BCUT2D eigenvalue weighted by Crippen LogP contribution is -2.06. The summed E-state index contributed by atoms with van der Waals surface area (Å²) in [6, 6.07) is 0. The van der Waals surface area contributed by atoms with Crippen LogP contribution >= 0.6 is 19.6 Å². The average Bonchev–Trinajstić information content (AvgIpc) is 1.65. The van der Waals surface area contributed by atoms with E-state index >= 15 is 0 Å². The van der Waals surface area contributed by atoms with Gasteiger partial charge in [-0.05, 0) is 0 Å². The van der Waals surface area contributed by atoms with Crippen molar-refractivity contribution < 1.29 is 12.7 Å². The van der Waals surface area contributed by atoms with E-state index in [9.17, 15) is 12.7 Å². The lowest BCUT2D eigenvalue weighted by molar-refractivity contribution is -0.116. The third-order valence-corrected chi connectivity index (χ3v) is 1.94. The lowest BCUT2D eigenvalue weighted by Gasteiger charge is -1.81. The first-order valence-electron chi connectivity index (χ1n) is 1.69. The molecule has 8 heavy (non-hydrogen) atoms. The quantitative estimate of drug-likeness (QED) is 0.506. The van der Waals surface area contributed by atoms with Gasteiger partial charge in [0.05, 0.1) is 0 Å². The van der Waals surface area contributed by atoms with Crippen LogP contribution in [0.4, 0.5) is 0 Å². The smallest absolute Gasteiger partial charge is 0.275 e. The molecule has 0 bridgehead atoms. The van der Waals surface area contributed by atoms with E-state index in [4.69, 9.17) is 0 Å². The van der Waals surface area contributed by atoms with Crippen LogP contribution in [0.15, 0.2) is 0 Å². The van der Waals surface area contributed by atoms with Crippen LogP contribution in [0, 0.1) is 0 Å². The topological polar surface area (TPSA) is 63.2 Å². The molecule has 0 saturated heterocycles. The molecule has 0 aliphatic heterocycles. The zero-order chi connectivity index (χ0) is 6.57. The fourth-order valence-corrected chi connectivity index (χ4v) is 0.940. The van der Waals surface area contributed by atoms with Gasteiger partial charge in [0.2, 0.25) is 9.78 Å². The van der Waals surface area contributed by atoms with Crippen LogP contribution in [-0.2, 0) is 12.7 Å². The first kappa shape index (κ1) is 7.58. The molecule has 1 amide bonds. The lowest BCUT2D eigenvalue weighted by atomic mass is 10.8. The van der Waals surface area contributed by atoms with E-state index in [2.05, 4.69) is 0 Å². The standard InChI is InChI=1S/C3H4INO3/c1-3(7)5-4(8)2-6/h1H3,(H,5,7,8). The average molecular weight is 229 g/mol. The van der Waals surface area contributed by atoms with Crippen molar-refractivity contribution in [2.45, 2.75) is 6.92 Å². The van der Waals surface area contributed by atoms with Crippen molar-refractivity contribution in [3.8, 4) is 0 Å². The minimum absolute atomic E-state index is 0.450. The number of amides is 1. The van der Waals surface area contributed by atoms with Crippen LogP contribution in [0.3, 0.4) is 0 Å². The highest BCUT2D eigenvalue weighted by atomic mass is 127. The Morgan fingerprint density at radius 1 is 1.75 bits per heavy atom. The summed E-state index contributed by atoms with van der Waals surface area (Å²) in [5.74, 6) is -0.450. The molecular formula is C3H4INO3. The van der Waals surface area contributed by atoms with Gasteiger partial charge in [-0.3, -0.25) is 8.32 Å². The van der Waals surface area contributed by atoms with Gasteiger partial charge in [-0.2, -0.15) is 0 Å². The van der Waals surface area contributed by atoms with E-state index in [1.54, 1.807) is 0 Å². The molecule has 46 valence electrons. The summed E-state index contributed by atoms with van der Waals surface area (Å²) >= 11 is -3.04. The van der Waals surface area contributed by atoms with Gasteiger partial charge >= 0.3 is 0 Å². The molecule has 1 N–H and O–H groups in total. The number of rotatable bonds is 1. The molecule has 0 aliphatic rings. The Labute approximate surface area is 52.9 Å². The Bertz CT molecular complexity index is 187. The van der Waals surface area contributed by atoms with E-state index < -0.39 is 25.5 Å². The fourth-order valence-electron chi connectivity index (χ4n) is 0.140. The van der Waals surface area contributed by atoms with Crippen molar-refractivity contribution in [1.29, 1.82) is 0 Å². The van der Waals surface area contributed by atoms with E-state index in [1.807, 2.05) is 3.53 Å². The molecule has 0 rings (SSSR count). The highest BCUT2D eigenvalue weighted by Crippen LogP contribution is 1.92. The second-order valence-electron chi connectivity index (χ2n) is 0.977. The monoisotopic (exact) mass is 229 g/mol. The first-order chi connectivity index (χ1) is 3.66. The van der Waals surface area contributed by atoms with Gasteiger partial charge in [0.25, 0.3) is 19.6 Å². The highest BCUT2D eigenvalue weighted by molar-refractivity contribution is 14.2. The Morgan fingerprint density at radius 2 is 2.25 bits per heavy atom. The molecule has 5 heteroatoms. The molecule has 0 spiro atoms. The third-order valence-electron chi connectivity index (χ3n) is 0.289. The van der Waals surface area contributed by atoms with Gasteiger partial charge in [-0.15, -0.1) is 0 Å². The van der Waals surface area contributed by atoms with Crippen LogP contribution in [0.5, 0.6) is 0 Å².